The van der Waals surface area contributed by atoms with Gasteiger partial charge in [-0.1, -0.05) is 11.6 Å². The quantitative estimate of drug-likeness (QED) is 0.627. The van der Waals surface area contributed by atoms with Crippen LogP contribution in [0.25, 0.3) is 10.9 Å². The van der Waals surface area contributed by atoms with Crippen molar-refractivity contribution in [3.8, 4) is 0 Å². The van der Waals surface area contributed by atoms with Crippen molar-refractivity contribution >= 4 is 34.6 Å². The van der Waals surface area contributed by atoms with Crippen LogP contribution in [0.5, 0.6) is 0 Å². The van der Waals surface area contributed by atoms with Gasteiger partial charge in [-0.15, -0.1) is 0 Å². The lowest BCUT2D eigenvalue weighted by molar-refractivity contribution is -0.161. The number of fused-ring (bicyclic) bond motifs is 5. The molecule has 4 amide bonds. The monoisotopic (exact) mass is 394 g/mol. The number of nitrogens with zero attached hydrogens (tertiary/aromatic N) is 4. The second-order valence-electron chi connectivity index (χ2n) is 8.11. The van der Waals surface area contributed by atoms with Crippen LogP contribution in [-0.2, 0) is 20.7 Å². The Morgan fingerprint density at radius 3 is 2.55 bits per heavy atom. The van der Waals surface area contributed by atoms with E-state index in [1.807, 2.05) is 36.1 Å². The number of hydrogen-bond acceptors (Lipinski definition) is 6. The van der Waals surface area contributed by atoms with Gasteiger partial charge in [0.25, 0.3) is 0 Å². The molecule has 0 bridgehead atoms. The molecule has 4 heterocycles. The van der Waals surface area contributed by atoms with Gasteiger partial charge in [-0.3, -0.25) is 19.4 Å². The minimum atomic E-state index is -1.40. The second-order valence-corrected chi connectivity index (χ2v) is 8.11. The summed E-state index contributed by atoms with van der Waals surface area (Å²) in [6.07, 6.45) is 0.198. The highest BCUT2D eigenvalue weighted by Gasteiger charge is 2.63. The summed E-state index contributed by atoms with van der Waals surface area (Å²) in [7, 11) is 2.86. The molecule has 150 valence electrons. The first-order valence-electron chi connectivity index (χ1n) is 9.69. The number of rotatable bonds is 0. The van der Waals surface area contributed by atoms with E-state index in [1.165, 1.54) is 14.1 Å². The Balaban J connectivity index is 1.74. The highest BCUT2D eigenvalue weighted by Crippen LogP contribution is 2.46. The summed E-state index contributed by atoms with van der Waals surface area (Å²) >= 11 is 0. The maximum atomic E-state index is 13.4. The number of imide groups is 2. The van der Waals surface area contributed by atoms with Crippen molar-refractivity contribution in [1.82, 2.24) is 14.8 Å². The molecule has 0 aliphatic carbocycles. The Hall–Kier alpha value is -3.00. The number of anilines is 1. The van der Waals surface area contributed by atoms with Crippen molar-refractivity contribution in [2.24, 2.45) is 5.41 Å². The third-order valence-corrected chi connectivity index (χ3v) is 6.41. The van der Waals surface area contributed by atoms with E-state index in [0.717, 1.165) is 37.6 Å². The SMILES string of the molecule is Cc1ccc2nc3c(cc2c1)CC1(C(=O)N(C)C(=O)N(C)C1=O)C1COCCN31. The van der Waals surface area contributed by atoms with E-state index in [1.54, 1.807) is 0 Å². The maximum absolute atomic E-state index is 13.4. The molecule has 1 aromatic heterocycles. The topological polar surface area (TPSA) is 83.1 Å². The Kier molecular flexibility index (Phi) is 3.73. The number of amides is 4. The van der Waals surface area contributed by atoms with Crippen molar-refractivity contribution in [3.05, 3.63) is 35.4 Å². The summed E-state index contributed by atoms with van der Waals surface area (Å²) in [5, 5.41) is 0.971. The Labute approximate surface area is 168 Å². The smallest absolute Gasteiger partial charge is 0.332 e. The fraction of sp³-hybridized carbons (Fsp3) is 0.429. The molecule has 0 saturated carbocycles. The average Bonchev–Trinajstić information content (AvgIpc) is 2.73. The molecule has 3 aliphatic rings. The first-order chi connectivity index (χ1) is 13.8. The maximum Gasteiger partial charge on any atom is 0.332 e. The Bertz CT molecular complexity index is 1060. The standard InChI is InChI=1S/C21H22N4O4/c1-12-4-5-15-13(8-12)9-14-10-21(16-11-29-7-6-25(16)17(14)22-15)18(26)23(2)20(28)24(3)19(21)27/h4-5,8-9,16H,6-7,10-11H2,1-3H3. The number of aryl methyl sites for hydroxylation is 1. The molecule has 1 atom stereocenters. The summed E-state index contributed by atoms with van der Waals surface area (Å²) in [5.74, 6) is -0.148. The van der Waals surface area contributed by atoms with Gasteiger partial charge >= 0.3 is 6.03 Å². The van der Waals surface area contributed by atoms with Crippen LogP contribution in [0.3, 0.4) is 0 Å². The van der Waals surface area contributed by atoms with E-state index in [9.17, 15) is 14.4 Å². The van der Waals surface area contributed by atoms with Gasteiger partial charge in [-0.05, 0) is 30.7 Å². The molecule has 29 heavy (non-hydrogen) atoms. The van der Waals surface area contributed by atoms with E-state index in [2.05, 4.69) is 0 Å². The fourth-order valence-electron chi connectivity index (χ4n) is 4.92. The number of benzene rings is 1. The number of morpholine rings is 1. The molecule has 2 saturated heterocycles. The van der Waals surface area contributed by atoms with Gasteiger partial charge in [-0.25, -0.2) is 9.78 Å². The number of pyridine rings is 1. The van der Waals surface area contributed by atoms with Crippen LogP contribution >= 0.6 is 0 Å². The number of barbiturate groups is 1. The molecule has 1 spiro atoms. The molecule has 5 rings (SSSR count). The molecule has 3 aliphatic heterocycles. The van der Waals surface area contributed by atoms with E-state index < -0.39 is 29.3 Å². The summed E-state index contributed by atoms with van der Waals surface area (Å²) in [5.41, 5.74) is 1.44. The van der Waals surface area contributed by atoms with Crippen molar-refractivity contribution in [1.29, 1.82) is 0 Å². The van der Waals surface area contributed by atoms with E-state index in [-0.39, 0.29) is 13.0 Å². The van der Waals surface area contributed by atoms with Crippen molar-refractivity contribution < 1.29 is 19.1 Å². The molecular weight excluding hydrogens is 372 g/mol. The van der Waals surface area contributed by atoms with Gasteiger partial charge in [0, 0.05) is 32.4 Å². The third-order valence-electron chi connectivity index (χ3n) is 6.41. The predicted molar refractivity (Wildman–Crippen MR) is 106 cm³/mol. The lowest BCUT2D eigenvalue weighted by atomic mass is 9.68. The van der Waals surface area contributed by atoms with E-state index >= 15 is 0 Å². The van der Waals surface area contributed by atoms with Crippen molar-refractivity contribution in [2.75, 3.05) is 38.8 Å². The molecular formula is C21H22N4O4. The van der Waals surface area contributed by atoms with Crippen LogP contribution < -0.4 is 4.90 Å². The Morgan fingerprint density at radius 2 is 1.83 bits per heavy atom. The van der Waals surface area contributed by atoms with Gasteiger partial charge < -0.3 is 9.64 Å². The van der Waals surface area contributed by atoms with Gasteiger partial charge in [0.2, 0.25) is 11.8 Å². The molecule has 2 fully saturated rings. The van der Waals surface area contributed by atoms with Crippen LogP contribution in [0.4, 0.5) is 10.6 Å². The fourth-order valence-corrected chi connectivity index (χ4v) is 4.92. The van der Waals surface area contributed by atoms with Crippen molar-refractivity contribution in [3.63, 3.8) is 0 Å². The zero-order valence-corrected chi connectivity index (χ0v) is 16.6. The minimum absolute atomic E-state index is 0.198. The predicted octanol–water partition coefficient (Wildman–Crippen LogP) is 1.34. The highest BCUT2D eigenvalue weighted by molar-refractivity contribution is 6.20. The first kappa shape index (κ1) is 18.1. The normalized spacial score (nSPS) is 23.6. The molecule has 1 aromatic carbocycles. The van der Waals surface area contributed by atoms with E-state index in [0.29, 0.717) is 13.2 Å². The van der Waals surface area contributed by atoms with Gasteiger partial charge in [0.05, 0.1) is 24.8 Å². The van der Waals surface area contributed by atoms with Gasteiger partial charge in [-0.2, -0.15) is 0 Å². The molecule has 0 N–H and O–H groups in total. The summed E-state index contributed by atoms with van der Waals surface area (Å²) in [6, 6.07) is 6.97. The van der Waals surface area contributed by atoms with Crippen LogP contribution in [0.2, 0.25) is 0 Å². The third kappa shape index (κ3) is 2.29. The largest absolute Gasteiger partial charge is 0.377 e. The molecule has 8 nitrogen and oxygen atoms in total. The number of ether oxygens (including phenoxy) is 1. The second kappa shape index (κ2) is 6.00. The zero-order valence-electron chi connectivity index (χ0n) is 16.6. The van der Waals surface area contributed by atoms with E-state index in [4.69, 9.17) is 9.72 Å². The number of hydrogen-bond donors (Lipinski definition) is 0. The van der Waals surface area contributed by atoms with Gasteiger partial charge in [0.1, 0.15) is 5.82 Å². The lowest BCUT2D eigenvalue weighted by Gasteiger charge is -2.53. The lowest BCUT2D eigenvalue weighted by Crippen LogP contribution is -2.73. The highest BCUT2D eigenvalue weighted by atomic mass is 16.5. The van der Waals surface area contributed by atoms with Crippen molar-refractivity contribution in [2.45, 2.75) is 19.4 Å². The molecule has 1 unspecified atom stereocenters. The molecule has 0 radical (unpaired) electrons. The Morgan fingerprint density at radius 1 is 1.10 bits per heavy atom. The van der Waals surface area contributed by atoms with Crippen LogP contribution in [-0.4, -0.2) is 72.5 Å². The summed E-state index contributed by atoms with van der Waals surface area (Å²) in [4.78, 5) is 48.2. The molecule has 2 aromatic rings. The van der Waals surface area contributed by atoms with Crippen LogP contribution in [0.15, 0.2) is 24.3 Å². The summed E-state index contributed by atoms with van der Waals surface area (Å²) < 4.78 is 5.68. The van der Waals surface area contributed by atoms with Crippen LogP contribution in [0.1, 0.15) is 11.1 Å². The number of carbonyl (C=O) groups is 3. The first-order valence-corrected chi connectivity index (χ1v) is 9.69. The van der Waals surface area contributed by atoms with Crippen LogP contribution in [0, 0.1) is 12.3 Å². The number of carbonyl (C=O) groups excluding carboxylic acids is 3. The molecule has 8 heteroatoms. The number of aromatic nitrogens is 1. The number of urea groups is 1. The average molecular weight is 394 g/mol. The minimum Gasteiger partial charge on any atom is -0.377 e. The van der Waals surface area contributed by atoms with Gasteiger partial charge in [0.15, 0.2) is 5.41 Å². The zero-order chi connectivity index (χ0) is 20.5. The summed E-state index contributed by atoms with van der Waals surface area (Å²) in [6.45, 7) is 3.28.